The first-order valence-electron chi connectivity index (χ1n) is 10.6. The van der Waals surface area contributed by atoms with Gasteiger partial charge in [0.05, 0.1) is 22.2 Å². The molecule has 4 aliphatic heterocycles. The monoisotopic (exact) mass is 421 g/mol. The van der Waals surface area contributed by atoms with Crippen LogP contribution in [0, 0.1) is 17.8 Å². The maximum absolute atomic E-state index is 13.0. The number of hydrogen-bond donors (Lipinski definition) is 1. The maximum atomic E-state index is 13.0. The molecule has 4 saturated heterocycles. The highest BCUT2D eigenvalue weighted by molar-refractivity contribution is 5.93. The van der Waals surface area contributed by atoms with Crippen molar-refractivity contribution in [2.24, 2.45) is 15.8 Å². The van der Waals surface area contributed by atoms with Gasteiger partial charge in [0.15, 0.2) is 0 Å². The summed E-state index contributed by atoms with van der Waals surface area (Å²) in [6.45, 7) is 11.0. The maximum Gasteiger partial charge on any atom is 0.348 e. The van der Waals surface area contributed by atoms with Gasteiger partial charge >= 0.3 is 5.63 Å². The van der Waals surface area contributed by atoms with Crippen molar-refractivity contribution in [2.75, 3.05) is 26.2 Å². The Balaban J connectivity index is 1.49. The Morgan fingerprint density at radius 2 is 1.65 bits per heavy atom. The molecule has 0 spiro atoms. The molecular weight excluding hydrogens is 394 g/mol. The minimum absolute atomic E-state index is 0.0312. The standard InChI is InChI=1S/C24H27N3O4/c1-15-8-19(28)18(20(29)31-15)10-25-17-7-5-6-16(9-17)24(4)26-11-22(2)12-27(24)14-23(3,13-26)21(22)30/h5-10,28H,11-14H2,1-4H3. The number of hydrogen-bond acceptors (Lipinski definition) is 7. The number of carbonyl (C=O) groups excluding carboxylic acids is 1. The Hall–Kier alpha value is -2.77. The van der Waals surface area contributed by atoms with Gasteiger partial charge in [-0.2, -0.15) is 0 Å². The van der Waals surface area contributed by atoms with Crippen molar-refractivity contribution in [3.63, 3.8) is 0 Å². The van der Waals surface area contributed by atoms with E-state index in [1.807, 2.05) is 18.2 Å². The highest BCUT2D eigenvalue weighted by Gasteiger charge is 2.65. The summed E-state index contributed by atoms with van der Waals surface area (Å²) in [6, 6.07) is 9.32. The normalized spacial score (nSPS) is 36.5. The highest BCUT2D eigenvalue weighted by atomic mass is 16.4. The van der Waals surface area contributed by atoms with Crippen molar-refractivity contribution in [3.05, 3.63) is 57.6 Å². The number of aliphatic imine (C=N–C) groups is 1. The number of piperidine rings is 2. The lowest BCUT2D eigenvalue weighted by molar-refractivity contribution is -0.228. The Morgan fingerprint density at radius 1 is 1.03 bits per heavy atom. The van der Waals surface area contributed by atoms with Crippen LogP contribution in [0.4, 0.5) is 5.69 Å². The van der Waals surface area contributed by atoms with Crippen molar-refractivity contribution in [1.29, 1.82) is 0 Å². The van der Waals surface area contributed by atoms with Crippen LogP contribution in [-0.2, 0) is 10.5 Å². The number of benzene rings is 1. The lowest BCUT2D eigenvalue weighted by Crippen LogP contribution is -2.80. The van der Waals surface area contributed by atoms with Gasteiger partial charge in [0.2, 0.25) is 0 Å². The summed E-state index contributed by atoms with van der Waals surface area (Å²) in [5, 5.41) is 10.1. The fraction of sp³-hybridized carbons (Fsp3) is 0.458. The first-order valence-corrected chi connectivity index (χ1v) is 10.6. The second-order valence-electron chi connectivity index (χ2n) is 9.94. The first kappa shape index (κ1) is 20.2. The van der Waals surface area contributed by atoms with E-state index in [0.717, 1.165) is 31.7 Å². The van der Waals surface area contributed by atoms with Crippen LogP contribution in [-0.4, -0.2) is 53.1 Å². The smallest absolute Gasteiger partial charge is 0.348 e. The Labute approximate surface area is 181 Å². The largest absolute Gasteiger partial charge is 0.507 e. The number of rotatable bonds is 3. The summed E-state index contributed by atoms with van der Waals surface area (Å²) >= 11 is 0. The van der Waals surface area contributed by atoms with Crippen LogP contribution in [0.1, 0.15) is 37.7 Å². The Morgan fingerprint density at radius 3 is 2.23 bits per heavy atom. The van der Waals surface area contributed by atoms with Gasteiger partial charge in [-0.15, -0.1) is 0 Å². The zero-order chi connectivity index (χ0) is 22.2. The second kappa shape index (κ2) is 6.37. The van der Waals surface area contributed by atoms with E-state index in [1.165, 1.54) is 12.3 Å². The van der Waals surface area contributed by atoms with Gasteiger partial charge in [0.25, 0.3) is 0 Å². The summed E-state index contributed by atoms with van der Waals surface area (Å²) < 4.78 is 5.06. The Bertz CT molecular complexity index is 1140. The molecule has 2 aromatic rings. The highest BCUT2D eigenvalue weighted by Crippen LogP contribution is 2.54. The van der Waals surface area contributed by atoms with Crippen molar-refractivity contribution >= 4 is 17.7 Å². The number of Topliss-reactive ketones (excluding diaryl/α,β-unsaturated/α-hetero) is 1. The molecule has 4 fully saturated rings. The molecule has 0 aliphatic carbocycles. The third-order valence-electron chi connectivity index (χ3n) is 7.31. The van der Waals surface area contributed by atoms with Crippen molar-refractivity contribution in [3.8, 4) is 5.75 Å². The van der Waals surface area contributed by atoms with E-state index < -0.39 is 5.63 Å². The molecule has 0 radical (unpaired) electrons. The van der Waals surface area contributed by atoms with Gasteiger partial charge in [-0.3, -0.25) is 19.6 Å². The molecule has 1 aromatic carbocycles. The molecule has 4 aliphatic rings. The molecule has 162 valence electrons. The quantitative estimate of drug-likeness (QED) is 0.767. The lowest BCUT2D eigenvalue weighted by atomic mass is 9.60. The molecule has 4 bridgehead atoms. The molecule has 0 unspecified atom stereocenters. The summed E-state index contributed by atoms with van der Waals surface area (Å²) in [5.41, 5.74) is 0.228. The van der Waals surface area contributed by atoms with Gasteiger partial charge in [-0.25, -0.2) is 4.79 Å². The van der Waals surface area contributed by atoms with Crippen LogP contribution >= 0.6 is 0 Å². The average molecular weight is 421 g/mol. The molecule has 0 amide bonds. The topological polar surface area (TPSA) is 86.4 Å². The molecule has 6 rings (SSSR count). The fourth-order valence-electron chi connectivity index (χ4n) is 5.84. The second-order valence-corrected chi connectivity index (χ2v) is 9.94. The summed E-state index contributed by atoms with van der Waals surface area (Å²) in [6.07, 6.45) is 1.35. The molecular formula is C24H27N3O4. The van der Waals surface area contributed by atoms with Crippen LogP contribution in [0.15, 0.2) is 44.5 Å². The molecule has 31 heavy (non-hydrogen) atoms. The number of ketones is 1. The van der Waals surface area contributed by atoms with Gasteiger partial charge in [-0.1, -0.05) is 26.0 Å². The number of nitrogens with zero attached hydrogens (tertiary/aromatic N) is 3. The SMILES string of the molecule is Cc1cc(O)c(C=Nc2cccc(C3(C)N4CC5(C)CN3CC(C)(C4)C5=O)c2)c(=O)o1. The fourth-order valence-corrected chi connectivity index (χ4v) is 5.84. The third-order valence-corrected chi connectivity index (χ3v) is 7.31. The van der Waals surface area contributed by atoms with Crippen LogP contribution in [0.25, 0.3) is 0 Å². The van der Waals surface area contributed by atoms with E-state index in [0.29, 0.717) is 17.2 Å². The molecule has 7 nitrogen and oxygen atoms in total. The van der Waals surface area contributed by atoms with Gasteiger partial charge in [-0.05, 0) is 31.5 Å². The summed E-state index contributed by atoms with van der Waals surface area (Å²) in [4.78, 5) is 34.3. The molecule has 0 saturated carbocycles. The van der Waals surface area contributed by atoms with E-state index in [-0.39, 0.29) is 27.8 Å². The van der Waals surface area contributed by atoms with Crippen molar-refractivity contribution in [1.82, 2.24) is 9.80 Å². The van der Waals surface area contributed by atoms with Crippen molar-refractivity contribution < 1.29 is 14.3 Å². The predicted molar refractivity (Wildman–Crippen MR) is 117 cm³/mol. The summed E-state index contributed by atoms with van der Waals surface area (Å²) in [5.74, 6) is 0.593. The zero-order valence-corrected chi connectivity index (χ0v) is 18.3. The minimum atomic E-state index is -0.617. The molecule has 1 N–H and O–H groups in total. The molecule has 0 atom stereocenters. The molecule has 7 heteroatoms. The number of aromatic hydroxyl groups is 1. The van der Waals surface area contributed by atoms with Crippen molar-refractivity contribution in [2.45, 2.75) is 33.4 Å². The van der Waals surface area contributed by atoms with Gasteiger partial charge < -0.3 is 9.52 Å². The van der Waals surface area contributed by atoms with E-state index in [4.69, 9.17) is 4.42 Å². The number of aryl methyl sites for hydroxylation is 1. The lowest BCUT2D eigenvalue weighted by Gasteiger charge is -2.69. The van der Waals surface area contributed by atoms with Crippen LogP contribution < -0.4 is 5.63 Å². The average Bonchev–Trinajstić information content (AvgIpc) is 2.68. The van der Waals surface area contributed by atoms with Crippen LogP contribution in [0.2, 0.25) is 0 Å². The summed E-state index contributed by atoms with van der Waals surface area (Å²) in [7, 11) is 0. The van der Waals surface area contributed by atoms with Gasteiger partial charge in [0, 0.05) is 38.5 Å². The van der Waals surface area contributed by atoms with E-state index >= 15 is 0 Å². The minimum Gasteiger partial charge on any atom is -0.507 e. The van der Waals surface area contributed by atoms with Gasteiger partial charge in [0.1, 0.15) is 22.9 Å². The van der Waals surface area contributed by atoms with E-state index in [9.17, 15) is 14.7 Å². The molecule has 1 aromatic heterocycles. The third kappa shape index (κ3) is 2.83. The number of carbonyl (C=O) groups is 1. The van der Waals surface area contributed by atoms with Crippen LogP contribution in [0.5, 0.6) is 5.75 Å². The Kier molecular flexibility index (Phi) is 4.14. The predicted octanol–water partition coefficient (Wildman–Crippen LogP) is 2.80. The first-order chi connectivity index (χ1) is 14.5. The van der Waals surface area contributed by atoms with E-state index in [1.54, 1.807) is 6.92 Å². The zero-order valence-electron chi connectivity index (χ0n) is 18.3. The van der Waals surface area contributed by atoms with Crippen LogP contribution in [0.3, 0.4) is 0 Å². The molecule has 5 heterocycles. The van der Waals surface area contributed by atoms with E-state index in [2.05, 4.69) is 41.6 Å².